The predicted octanol–water partition coefficient (Wildman–Crippen LogP) is 3.86. The van der Waals surface area contributed by atoms with Gasteiger partial charge >= 0.3 is 0 Å². The van der Waals surface area contributed by atoms with Crippen molar-refractivity contribution in [1.82, 2.24) is 4.90 Å². The van der Waals surface area contributed by atoms with E-state index in [0.29, 0.717) is 6.42 Å². The van der Waals surface area contributed by atoms with Gasteiger partial charge in [0.25, 0.3) is 0 Å². The third-order valence-corrected chi connectivity index (χ3v) is 3.71. The van der Waals surface area contributed by atoms with Crippen LogP contribution in [-0.4, -0.2) is 10.7 Å². The molecule has 2 aromatic carbocycles. The highest BCUT2D eigenvalue weighted by atomic mass is 19.1. The first-order valence-electron chi connectivity index (χ1n) is 6.98. The van der Waals surface area contributed by atoms with Crippen molar-refractivity contribution in [2.75, 3.05) is 0 Å². The maximum atomic E-state index is 13.1. The SMILES string of the molecule is O=C1C=CN(Cc2ccccc2)C(c2ccc(F)cc2)C1. The zero-order valence-corrected chi connectivity index (χ0v) is 11.6. The minimum absolute atomic E-state index is 0.0386. The summed E-state index contributed by atoms with van der Waals surface area (Å²) >= 11 is 0. The smallest absolute Gasteiger partial charge is 0.159 e. The Morgan fingerprint density at radius 2 is 1.76 bits per heavy atom. The fourth-order valence-electron chi connectivity index (χ4n) is 2.61. The molecule has 0 saturated carbocycles. The summed E-state index contributed by atoms with van der Waals surface area (Å²) in [5.41, 5.74) is 2.15. The molecule has 0 fully saturated rings. The zero-order chi connectivity index (χ0) is 14.7. The highest BCUT2D eigenvalue weighted by molar-refractivity contribution is 5.90. The fraction of sp³-hybridized carbons (Fsp3) is 0.167. The van der Waals surface area contributed by atoms with Crippen LogP contribution in [0.3, 0.4) is 0 Å². The lowest BCUT2D eigenvalue weighted by atomic mass is 9.96. The van der Waals surface area contributed by atoms with Crippen LogP contribution < -0.4 is 0 Å². The second-order valence-corrected chi connectivity index (χ2v) is 5.21. The summed E-state index contributed by atoms with van der Waals surface area (Å²) in [5, 5.41) is 0. The van der Waals surface area contributed by atoms with Crippen molar-refractivity contribution >= 4 is 5.78 Å². The van der Waals surface area contributed by atoms with Gasteiger partial charge in [-0.05, 0) is 29.3 Å². The number of halogens is 1. The molecule has 3 heteroatoms. The van der Waals surface area contributed by atoms with Gasteiger partial charge < -0.3 is 4.90 Å². The summed E-state index contributed by atoms with van der Waals surface area (Å²) in [6.07, 6.45) is 3.88. The van der Waals surface area contributed by atoms with Crippen LogP contribution in [0.15, 0.2) is 66.9 Å². The largest absolute Gasteiger partial charge is 0.366 e. The molecule has 1 heterocycles. The number of allylic oxidation sites excluding steroid dienone is 1. The van der Waals surface area contributed by atoms with Crippen LogP contribution in [0, 0.1) is 5.82 Å². The topological polar surface area (TPSA) is 20.3 Å². The molecule has 0 radical (unpaired) electrons. The van der Waals surface area contributed by atoms with E-state index in [1.807, 2.05) is 24.4 Å². The molecule has 1 aliphatic rings. The summed E-state index contributed by atoms with van der Waals surface area (Å²) in [6.45, 7) is 0.729. The van der Waals surface area contributed by atoms with Crippen LogP contribution >= 0.6 is 0 Å². The molecule has 0 saturated heterocycles. The number of nitrogens with zero attached hydrogens (tertiary/aromatic N) is 1. The molecule has 1 atom stereocenters. The Morgan fingerprint density at radius 3 is 2.48 bits per heavy atom. The fourth-order valence-corrected chi connectivity index (χ4v) is 2.61. The highest BCUT2D eigenvalue weighted by Gasteiger charge is 2.24. The third kappa shape index (κ3) is 3.19. The van der Waals surface area contributed by atoms with E-state index < -0.39 is 0 Å². The predicted molar refractivity (Wildman–Crippen MR) is 79.9 cm³/mol. The van der Waals surface area contributed by atoms with Gasteiger partial charge in [0.2, 0.25) is 0 Å². The van der Waals surface area contributed by atoms with E-state index in [1.54, 1.807) is 18.2 Å². The van der Waals surface area contributed by atoms with Crippen LogP contribution in [0.1, 0.15) is 23.6 Å². The molecule has 0 N–H and O–H groups in total. The Balaban J connectivity index is 1.87. The molecule has 1 aliphatic heterocycles. The molecule has 2 aromatic rings. The van der Waals surface area contributed by atoms with Gasteiger partial charge in [-0.1, -0.05) is 42.5 Å². The lowest BCUT2D eigenvalue weighted by Crippen LogP contribution is -2.28. The normalized spacial score (nSPS) is 18.0. The standard InChI is InChI=1S/C18H16FNO/c19-16-8-6-15(7-9-16)18-12-17(21)10-11-20(18)13-14-4-2-1-3-5-14/h1-11,18H,12-13H2. The molecule has 21 heavy (non-hydrogen) atoms. The van der Waals surface area contributed by atoms with Gasteiger partial charge in [0, 0.05) is 19.2 Å². The lowest BCUT2D eigenvalue weighted by molar-refractivity contribution is -0.116. The number of hydrogen-bond donors (Lipinski definition) is 0. The Bertz CT molecular complexity index is 649. The van der Waals surface area contributed by atoms with Crippen LogP contribution in [-0.2, 0) is 11.3 Å². The molecular formula is C18H16FNO. The zero-order valence-electron chi connectivity index (χ0n) is 11.6. The quantitative estimate of drug-likeness (QED) is 0.851. The summed E-state index contributed by atoms with van der Waals surface area (Å²) < 4.78 is 13.1. The van der Waals surface area contributed by atoms with Gasteiger partial charge in [-0.2, -0.15) is 0 Å². The minimum atomic E-state index is -0.258. The van der Waals surface area contributed by atoms with E-state index in [4.69, 9.17) is 0 Å². The van der Waals surface area contributed by atoms with Gasteiger partial charge in [-0.3, -0.25) is 4.79 Å². The Kier molecular flexibility index (Phi) is 3.82. The van der Waals surface area contributed by atoms with Gasteiger partial charge in [-0.15, -0.1) is 0 Å². The van der Waals surface area contributed by atoms with E-state index in [0.717, 1.165) is 12.1 Å². The van der Waals surface area contributed by atoms with Crippen molar-refractivity contribution in [3.8, 4) is 0 Å². The van der Waals surface area contributed by atoms with E-state index in [1.165, 1.54) is 17.7 Å². The van der Waals surface area contributed by atoms with Gasteiger partial charge in [0.05, 0.1) is 6.04 Å². The average Bonchev–Trinajstić information content (AvgIpc) is 2.51. The maximum absolute atomic E-state index is 13.1. The van der Waals surface area contributed by atoms with Crippen molar-refractivity contribution < 1.29 is 9.18 Å². The molecule has 1 unspecified atom stereocenters. The van der Waals surface area contributed by atoms with Crippen LogP contribution in [0.2, 0.25) is 0 Å². The molecule has 0 aromatic heterocycles. The summed E-state index contributed by atoms with van der Waals surface area (Å²) in [7, 11) is 0. The van der Waals surface area contributed by atoms with Crippen molar-refractivity contribution in [3.63, 3.8) is 0 Å². The van der Waals surface area contributed by atoms with E-state index in [2.05, 4.69) is 17.0 Å². The first-order valence-corrected chi connectivity index (χ1v) is 6.98. The van der Waals surface area contributed by atoms with Crippen LogP contribution in [0.4, 0.5) is 4.39 Å². The molecule has 0 aliphatic carbocycles. The molecule has 0 amide bonds. The molecule has 2 nitrogen and oxygen atoms in total. The van der Waals surface area contributed by atoms with Gasteiger partial charge in [-0.25, -0.2) is 4.39 Å². The second kappa shape index (κ2) is 5.92. The van der Waals surface area contributed by atoms with Crippen LogP contribution in [0.25, 0.3) is 0 Å². The molecular weight excluding hydrogens is 265 g/mol. The first-order chi connectivity index (χ1) is 10.2. The Morgan fingerprint density at radius 1 is 1.05 bits per heavy atom. The molecule has 0 bridgehead atoms. The number of benzene rings is 2. The Labute approximate surface area is 123 Å². The van der Waals surface area contributed by atoms with Gasteiger partial charge in [0.15, 0.2) is 5.78 Å². The number of hydrogen-bond acceptors (Lipinski definition) is 2. The average molecular weight is 281 g/mol. The maximum Gasteiger partial charge on any atom is 0.159 e. The number of rotatable bonds is 3. The molecule has 0 spiro atoms. The summed E-state index contributed by atoms with van der Waals surface area (Å²) in [6, 6.07) is 16.5. The monoisotopic (exact) mass is 281 g/mol. The summed E-state index contributed by atoms with van der Waals surface area (Å²) in [4.78, 5) is 13.9. The van der Waals surface area contributed by atoms with E-state index in [-0.39, 0.29) is 17.6 Å². The number of carbonyl (C=O) groups excluding carboxylic acids is 1. The molecule has 3 rings (SSSR count). The number of carbonyl (C=O) groups is 1. The second-order valence-electron chi connectivity index (χ2n) is 5.21. The Hall–Kier alpha value is -2.42. The number of ketones is 1. The summed E-state index contributed by atoms with van der Waals surface area (Å²) in [5.74, 6) is -0.153. The van der Waals surface area contributed by atoms with Crippen molar-refractivity contribution in [2.24, 2.45) is 0 Å². The minimum Gasteiger partial charge on any atom is -0.366 e. The first kappa shape index (κ1) is 13.6. The van der Waals surface area contributed by atoms with Crippen LogP contribution in [0.5, 0.6) is 0 Å². The highest BCUT2D eigenvalue weighted by Crippen LogP contribution is 2.30. The van der Waals surface area contributed by atoms with Gasteiger partial charge in [0.1, 0.15) is 5.82 Å². The van der Waals surface area contributed by atoms with Crippen molar-refractivity contribution in [3.05, 3.63) is 83.8 Å². The van der Waals surface area contributed by atoms with E-state index >= 15 is 0 Å². The van der Waals surface area contributed by atoms with Crippen molar-refractivity contribution in [1.29, 1.82) is 0 Å². The third-order valence-electron chi connectivity index (χ3n) is 3.71. The lowest BCUT2D eigenvalue weighted by Gasteiger charge is -2.33. The van der Waals surface area contributed by atoms with Crippen molar-refractivity contribution in [2.45, 2.75) is 19.0 Å². The molecule has 106 valence electrons. The van der Waals surface area contributed by atoms with E-state index in [9.17, 15) is 9.18 Å².